The number of aromatic nitrogens is 3. The molecule has 0 unspecified atom stereocenters. The van der Waals surface area contributed by atoms with Gasteiger partial charge in [0, 0.05) is 72.5 Å². The number of likely N-dealkylation sites (N-methyl/N-ethyl adjacent to an activating group) is 1. The lowest BCUT2D eigenvalue weighted by molar-refractivity contribution is -0.152. The molecule has 2 aliphatic rings. The largest absolute Gasteiger partial charge is 0.493 e. The van der Waals surface area contributed by atoms with Crippen LogP contribution in [-0.4, -0.2) is 143 Å². The second-order valence-corrected chi connectivity index (χ2v) is 16.2. The van der Waals surface area contributed by atoms with Crippen molar-refractivity contribution in [2.24, 2.45) is 0 Å². The predicted octanol–water partition coefficient (Wildman–Crippen LogP) is 6.52. The molecule has 1 atom stereocenters. The van der Waals surface area contributed by atoms with Crippen molar-refractivity contribution in [2.75, 3.05) is 83.4 Å². The summed E-state index contributed by atoms with van der Waals surface area (Å²) in [6.07, 6.45) is 1.48. The van der Waals surface area contributed by atoms with Gasteiger partial charge in [-0.2, -0.15) is 0 Å². The molecule has 3 aromatic carbocycles. The van der Waals surface area contributed by atoms with Crippen LogP contribution in [0.1, 0.15) is 59.6 Å². The molecule has 7 N–H and O–H groups in total. The third-order valence-corrected chi connectivity index (χ3v) is 11.4. The van der Waals surface area contributed by atoms with E-state index < -0.39 is 36.1 Å². The highest BCUT2D eigenvalue weighted by Crippen LogP contribution is 2.36. The number of H-pyrrole nitrogens is 1. The lowest BCUT2D eigenvalue weighted by Gasteiger charge is -2.26. The predicted molar refractivity (Wildman–Crippen MR) is 257 cm³/mol. The minimum atomic E-state index is -1.79. The van der Waals surface area contributed by atoms with Crippen LogP contribution in [0.5, 0.6) is 11.5 Å². The van der Waals surface area contributed by atoms with Crippen LogP contribution in [0, 0.1) is 25.5 Å². The SMILES string of the molecule is CCN(CC)CCNC(=O)c1c(C)[nH]c(/C=C2\C(=O)Nc3ccc(F)cc32)c1C.COc1cc2ncnc(Nc3ccc(F)c(Cl)c3)c2cc1OCCCN1CCOCC1.O=C(O)C[C@H](O)C(=O)O. The number of carboxylic acid groups (broad SMARTS) is 2. The van der Waals surface area contributed by atoms with Crippen molar-refractivity contribution >= 4 is 75.1 Å². The number of carbonyl (C=O) groups excluding carboxylic acids is 2. The van der Waals surface area contributed by atoms with Crippen LogP contribution in [-0.2, 0) is 19.1 Å². The number of fused-ring (bicyclic) bond motifs is 2. The molecule has 21 heteroatoms. The van der Waals surface area contributed by atoms with Crippen LogP contribution >= 0.6 is 11.6 Å². The molecule has 2 aromatic heterocycles. The van der Waals surface area contributed by atoms with Gasteiger partial charge in [0.1, 0.15) is 23.8 Å². The fraction of sp³-hybridized carbons (Fsp3) is 0.375. The molecule has 0 radical (unpaired) electrons. The number of amides is 2. The molecule has 0 spiro atoms. The Balaban J connectivity index is 0.000000219. The number of benzene rings is 3. The van der Waals surface area contributed by atoms with Crippen LogP contribution in [0.15, 0.2) is 54.9 Å². The summed E-state index contributed by atoms with van der Waals surface area (Å²) in [5.41, 5.74) is 5.52. The van der Waals surface area contributed by atoms with Gasteiger partial charge >= 0.3 is 11.9 Å². The Labute approximate surface area is 402 Å². The van der Waals surface area contributed by atoms with Crippen LogP contribution in [0.2, 0.25) is 5.02 Å². The highest BCUT2D eigenvalue weighted by Gasteiger charge is 2.26. The molecule has 2 aliphatic heterocycles. The van der Waals surface area contributed by atoms with Gasteiger partial charge in [0.05, 0.1) is 55.0 Å². The van der Waals surface area contributed by atoms with Gasteiger partial charge in [0.15, 0.2) is 17.6 Å². The maximum Gasteiger partial charge on any atom is 0.333 e. The summed E-state index contributed by atoms with van der Waals surface area (Å²) in [6, 6.07) is 12.3. The normalized spacial score (nSPS) is 14.2. The fourth-order valence-corrected chi connectivity index (χ4v) is 7.54. The van der Waals surface area contributed by atoms with Crippen molar-refractivity contribution in [3.05, 3.63) is 99.6 Å². The van der Waals surface area contributed by atoms with Gasteiger partial charge in [0.25, 0.3) is 11.8 Å². The number of aliphatic hydroxyl groups is 1. The monoisotopic (exact) mass is 978 g/mol. The van der Waals surface area contributed by atoms with E-state index in [2.05, 4.69) is 54.5 Å². The smallest absolute Gasteiger partial charge is 0.333 e. The summed E-state index contributed by atoms with van der Waals surface area (Å²) in [7, 11) is 1.60. The van der Waals surface area contributed by atoms with Crippen LogP contribution in [0.4, 0.5) is 26.0 Å². The molecule has 2 amide bonds. The minimum absolute atomic E-state index is 0.0364. The number of rotatable bonds is 18. The van der Waals surface area contributed by atoms with Crippen molar-refractivity contribution in [1.82, 2.24) is 30.1 Å². The zero-order valence-corrected chi connectivity index (χ0v) is 39.7. The number of methoxy groups -OCH3 is 1. The Hall–Kier alpha value is -6.71. The summed E-state index contributed by atoms with van der Waals surface area (Å²) >= 11 is 5.90. The number of aromatic amines is 1. The molecule has 0 saturated carbocycles. The fourth-order valence-electron chi connectivity index (χ4n) is 7.36. The second kappa shape index (κ2) is 25.6. The highest BCUT2D eigenvalue weighted by molar-refractivity contribution is 6.35. The van der Waals surface area contributed by atoms with E-state index in [1.54, 1.807) is 25.3 Å². The number of aliphatic carboxylic acids is 2. The van der Waals surface area contributed by atoms with Gasteiger partial charge < -0.3 is 55.4 Å². The average molecular weight is 979 g/mol. The Morgan fingerprint density at radius 3 is 2.42 bits per heavy atom. The molecule has 4 heterocycles. The van der Waals surface area contributed by atoms with Gasteiger partial charge in [-0.05, 0) is 87.5 Å². The summed E-state index contributed by atoms with van der Waals surface area (Å²) < 4.78 is 44.0. The molecule has 7 rings (SSSR count). The Kier molecular flexibility index (Phi) is 19.8. The summed E-state index contributed by atoms with van der Waals surface area (Å²) in [5.74, 6) is -2.37. The molecule has 1 fully saturated rings. The first kappa shape index (κ1) is 53.2. The number of carbonyl (C=O) groups is 4. The van der Waals surface area contributed by atoms with E-state index in [4.69, 9.17) is 41.1 Å². The van der Waals surface area contributed by atoms with Gasteiger partial charge in [-0.15, -0.1) is 0 Å². The third kappa shape index (κ3) is 14.9. The number of carboxylic acids is 2. The topological polar surface area (TPSA) is 241 Å². The number of nitrogens with zero attached hydrogens (tertiary/aromatic N) is 4. The zero-order chi connectivity index (χ0) is 50.2. The quantitative estimate of drug-likeness (QED) is 0.0366. The van der Waals surface area contributed by atoms with E-state index in [9.17, 15) is 28.0 Å². The number of hydrogen-bond acceptors (Lipinski definition) is 13. The molecule has 5 aromatic rings. The maximum atomic E-state index is 13.7. The Bertz CT molecular complexity index is 2640. The van der Waals surface area contributed by atoms with Gasteiger partial charge in [-0.3, -0.25) is 19.3 Å². The van der Waals surface area contributed by atoms with E-state index >= 15 is 0 Å². The highest BCUT2D eigenvalue weighted by atomic mass is 35.5. The van der Waals surface area contributed by atoms with E-state index in [0.717, 1.165) is 75.5 Å². The van der Waals surface area contributed by atoms with Crippen molar-refractivity contribution in [3.63, 3.8) is 0 Å². The Morgan fingerprint density at radius 2 is 1.77 bits per heavy atom. The number of nitrogens with one attached hydrogen (secondary N) is 4. The first-order valence-corrected chi connectivity index (χ1v) is 22.5. The van der Waals surface area contributed by atoms with Gasteiger partial charge in [-0.25, -0.2) is 23.5 Å². The lowest BCUT2D eigenvalue weighted by Crippen LogP contribution is -2.37. The van der Waals surface area contributed by atoms with Crippen LogP contribution in [0.25, 0.3) is 22.6 Å². The third-order valence-electron chi connectivity index (χ3n) is 11.1. The number of halogens is 3. The van der Waals surface area contributed by atoms with Crippen molar-refractivity contribution < 1.29 is 57.5 Å². The van der Waals surface area contributed by atoms with Gasteiger partial charge in [-0.1, -0.05) is 25.4 Å². The summed E-state index contributed by atoms with van der Waals surface area (Å²) in [6.45, 7) is 16.1. The number of morpholine rings is 1. The molecule has 1 saturated heterocycles. The van der Waals surface area contributed by atoms with E-state index in [1.165, 1.54) is 30.6 Å². The number of aryl methyl sites for hydroxylation is 1. The van der Waals surface area contributed by atoms with Crippen molar-refractivity contribution in [2.45, 2.75) is 46.6 Å². The van der Waals surface area contributed by atoms with Crippen LogP contribution in [0.3, 0.4) is 0 Å². The molecule has 0 aliphatic carbocycles. The molecule has 18 nitrogen and oxygen atoms in total. The van der Waals surface area contributed by atoms with E-state index in [-0.39, 0.29) is 16.8 Å². The second-order valence-electron chi connectivity index (χ2n) is 15.8. The van der Waals surface area contributed by atoms with Crippen molar-refractivity contribution in [3.8, 4) is 11.5 Å². The molecule has 370 valence electrons. The Morgan fingerprint density at radius 1 is 1.03 bits per heavy atom. The molecule has 0 bridgehead atoms. The lowest BCUT2D eigenvalue weighted by atomic mass is 10.0. The zero-order valence-electron chi connectivity index (χ0n) is 39.0. The van der Waals surface area contributed by atoms with E-state index in [1.807, 2.05) is 26.0 Å². The molecular formula is C48H57ClF2N8O10. The minimum Gasteiger partial charge on any atom is -0.493 e. The first-order chi connectivity index (χ1) is 33.0. The number of anilines is 3. The molecule has 69 heavy (non-hydrogen) atoms. The number of aliphatic hydroxyl groups excluding tert-OH is 1. The van der Waals surface area contributed by atoms with Gasteiger partial charge in [0.2, 0.25) is 0 Å². The number of ether oxygens (including phenoxy) is 3. The average Bonchev–Trinajstić information content (AvgIpc) is 3.79. The summed E-state index contributed by atoms with van der Waals surface area (Å²) in [5, 5.41) is 33.8. The molecular weight excluding hydrogens is 922 g/mol. The first-order valence-electron chi connectivity index (χ1n) is 22.2. The number of hydrogen-bond donors (Lipinski definition) is 7. The van der Waals surface area contributed by atoms with E-state index in [0.29, 0.717) is 69.8 Å². The summed E-state index contributed by atoms with van der Waals surface area (Å²) in [4.78, 5) is 60.9. The van der Waals surface area contributed by atoms with Crippen LogP contribution < -0.4 is 25.4 Å². The van der Waals surface area contributed by atoms with Crippen molar-refractivity contribution in [1.29, 1.82) is 0 Å². The standard InChI is InChI=1S/C22H24ClFN4O3.C22H27FN4O2.C4H6O5/c1-29-20-13-19-16(12-21(20)31-8-2-5-28-6-9-30-10-7-28)22(26-14-25-19)27-15-3-4-18(24)17(23)11-15;1-5-27(6-2)10-9-24-22(29)20-13(3)19(25-14(20)4)12-17-16-11-15(23)7-8-18(16)26-21(17)28;5-2(4(8)9)1-3(6)7/h3-4,11-14H,2,5-10H2,1H3,(H,25,26,27);7-8,11-12,25H,5-6,9-10H2,1-4H3,(H,24,29)(H,26,28);2,5H,1H2,(H,6,7)(H,8,9)/b;17-12-;/t;;2-/m..0/s1. The maximum absolute atomic E-state index is 13.7.